The number of benzene rings is 2. The van der Waals surface area contributed by atoms with Crippen LogP contribution in [0.15, 0.2) is 59.5 Å². The summed E-state index contributed by atoms with van der Waals surface area (Å²) in [5.74, 6) is -5.30. The predicted octanol–water partition coefficient (Wildman–Crippen LogP) is 4.25. The number of carboxylic acids is 4. The number of carbonyl (C=O) groups excluding carboxylic acids is 2. The SMILES string of the molecule is C=C(C)[C@H]1CN[C@H](C(=O)O)[C@H]1CC(=O)O.CC1COc2c(N3CCN(C)CC3)c(F)cc3c(=O)c(C(=O)O)cn1c23.CCOC(=O)[C@H](CCc1ccccc1)N[C@@H](C)C(=O)N1[C@H](C(=O)O)C[C@@H]2CCC[C@@H]21. The Hall–Kier alpha value is -6.38. The number of hydrogen-bond donors (Lipinski definition) is 6. The van der Waals surface area contributed by atoms with E-state index in [9.17, 15) is 48.2 Å². The van der Waals surface area contributed by atoms with Gasteiger partial charge in [0.2, 0.25) is 11.3 Å². The lowest BCUT2D eigenvalue weighted by atomic mass is 9.84. The van der Waals surface area contributed by atoms with Crippen LogP contribution in [-0.2, 0) is 35.1 Å². The number of rotatable bonds is 15. The van der Waals surface area contributed by atoms with Gasteiger partial charge in [-0.3, -0.25) is 29.3 Å². The van der Waals surface area contributed by atoms with E-state index in [1.165, 1.54) is 6.20 Å². The molecule has 5 heterocycles. The van der Waals surface area contributed by atoms with Gasteiger partial charge in [-0.2, -0.15) is 0 Å². The summed E-state index contributed by atoms with van der Waals surface area (Å²) in [4.78, 5) is 88.7. The van der Waals surface area contributed by atoms with E-state index in [-0.39, 0.29) is 66.4 Å². The molecule has 1 saturated carbocycles. The van der Waals surface area contributed by atoms with E-state index < -0.39 is 65.2 Å². The van der Waals surface area contributed by atoms with Gasteiger partial charge >= 0.3 is 29.8 Å². The highest BCUT2D eigenvalue weighted by Gasteiger charge is 2.50. The third-order valence-corrected chi connectivity index (χ3v) is 14.3. The van der Waals surface area contributed by atoms with E-state index in [0.29, 0.717) is 55.9 Å². The van der Waals surface area contributed by atoms with Crippen molar-refractivity contribution in [3.05, 3.63) is 81.9 Å². The normalized spacial score (nSPS) is 24.3. The number of likely N-dealkylation sites (tertiary alicyclic amines) is 1. The van der Waals surface area contributed by atoms with Gasteiger partial charge in [-0.1, -0.05) is 48.9 Å². The summed E-state index contributed by atoms with van der Waals surface area (Å²) in [6.45, 7) is 14.9. The Morgan fingerprint density at radius 2 is 1.70 bits per heavy atom. The Morgan fingerprint density at radius 3 is 2.31 bits per heavy atom. The zero-order valence-corrected chi connectivity index (χ0v) is 41.0. The second kappa shape index (κ2) is 23.7. The van der Waals surface area contributed by atoms with Crippen molar-refractivity contribution in [3.63, 3.8) is 0 Å². The molecule has 0 bridgehead atoms. The Labute approximate surface area is 411 Å². The number of piperazine rings is 1. The molecule has 1 amide bonds. The van der Waals surface area contributed by atoms with Crippen LogP contribution in [0.25, 0.3) is 10.9 Å². The van der Waals surface area contributed by atoms with Crippen LogP contribution in [-0.4, -0.2) is 154 Å². The van der Waals surface area contributed by atoms with Gasteiger partial charge in [-0.15, -0.1) is 0 Å². The molecule has 8 rings (SSSR count). The highest BCUT2D eigenvalue weighted by molar-refractivity contribution is 5.97. The van der Waals surface area contributed by atoms with Crippen LogP contribution in [0.5, 0.6) is 5.75 Å². The van der Waals surface area contributed by atoms with Crippen LogP contribution < -0.4 is 25.7 Å². The number of aromatic nitrogens is 1. The molecule has 71 heavy (non-hydrogen) atoms. The number of fused-ring (bicyclic) bond motifs is 1. The first kappa shape index (κ1) is 54.0. The topological polar surface area (TPSA) is 258 Å². The predicted molar refractivity (Wildman–Crippen MR) is 260 cm³/mol. The number of nitrogens with zero attached hydrogens (tertiary/aromatic N) is 4. The molecule has 2 aromatic carbocycles. The van der Waals surface area contributed by atoms with Gasteiger partial charge < -0.3 is 54.5 Å². The maximum Gasteiger partial charge on any atom is 0.341 e. The number of esters is 1. The van der Waals surface area contributed by atoms with Gasteiger partial charge in [0.05, 0.1) is 36.0 Å². The number of aliphatic carboxylic acids is 3. The standard InChI is InChI=1S/C23H32N2O5.C18H20FN3O4.C10H15NO4/c1-3-30-23(29)18(13-12-16-8-5-4-6-9-16)24-15(2)21(26)25-19-11-7-10-17(19)14-20(25)22(27)28;1-10-9-26-17-14-11(16(23)12(18(24)25)8-22(10)14)7-13(19)15(17)21-5-3-20(2)4-6-21;1-5(2)7-4-11-9(10(14)15)6(7)3-8(12)13/h4-6,8-9,15,17-20,24H,3,7,10-14H2,1-2H3,(H,27,28);7-8,10H,3-6,9H2,1-2H3,(H,24,25);6-7,9,11H,1,3-4H2,2H3,(H,12,13)(H,14,15)/t15-,17-,18-,19-,20-;;6-,7+,9-/m0.0/s1. The third-order valence-electron chi connectivity index (χ3n) is 14.3. The van der Waals surface area contributed by atoms with Crippen molar-refractivity contribution in [2.24, 2.45) is 17.8 Å². The number of nitrogens with one attached hydrogen (secondary N) is 2. The van der Waals surface area contributed by atoms with Crippen molar-refractivity contribution in [3.8, 4) is 5.75 Å². The number of pyridine rings is 1. The molecule has 1 aliphatic carbocycles. The van der Waals surface area contributed by atoms with Crippen molar-refractivity contribution >= 4 is 52.3 Å². The van der Waals surface area contributed by atoms with Crippen LogP contribution in [0, 0.1) is 23.6 Å². The lowest BCUT2D eigenvalue weighted by Crippen LogP contribution is -2.55. The minimum absolute atomic E-state index is 0.00629. The fraction of sp³-hybridized carbons (Fsp3) is 0.549. The molecule has 386 valence electrons. The van der Waals surface area contributed by atoms with Crippen molar-refractivity contribution in [1.82, 2.24) is 25.0 Å². The first-order valence-corrected chi connectivity index (χ1v) is 24.3. The van der Waals surface area contributed by atoms with Crippen LogP contribution in [0.3, 0.4) is 0 Å². The number of anilines is 1. The van der Waals surface area contributed by atoms with Gasteiger partial charge in [-0.25, -0.2) is 14.0 Å². The van der Waals surface area contributed by atoms with E-state index in [2.05, 4.69) is 22.1 Å². The van der Waals surface area contributed by atoms with Gasteiger partial charge in [0.25, 0.3) is 0 Å². The number of aromatic carboxylic acids is 1. The summed E-state index contributed by atoms with van der Waals surface area (Å²) in [7, 11) is 2.02. The summed E-state index contributed by atoms with van der Waals surface area (Å²) in [6.07, 6.45) is 5.74. The van der Waals surface area contributed by atoms with E-state index in [1.807, 2.05) is 49.2 Å². The molecule has 5 aliphatic rings. The average Bonchev–Trinajstić information content (AvgIpc) is 4.06. The van der Waals surface area contributed by atoms with E-state index >= 15 is 0 Å². The first-order chi connectivity index (χ1) is 33.7. The van der Waals surface area contributed by atoms with E-state index in [4.69, 9.17) is 19.7 Å². The van der Waals surface area contributed by atoms with E-state index in [0.717, 1.165) is 49.6 Å². The molecule has 19 nitrogen and oxygen atoms in total. The van der Waals surface area contributed by atoms with Gasteiger partial charge in [0.15, 0.2) is 11.6 Å². The van der Waals surface area contributed by atoms with Crippen molar-refractivity contribution in [1.29, 1.82) is 0 Å². The third kappa shape index (κ3) is 12.4. The summed E-state index contributed by atoms with van der Waals surface area (Å²) in [6, 6.07) is 7.98. The number of likely N-dealkylation sites (N-methyl/N-ethyl adjacent to an activating group) is 1. The fourth-order valence-electron chi connectivity index (χ4n) is 10.6. The average molecular weight is 991 g/mol. The van der Waals surface area contributed by atoms with Crippen molar-refractivity contribution in [2.45, 2.75) is 109 Å². The second-order valence-corrected chi connectivity index (χ2v) is 19.2. The maximum absolute atomic E-state index is 15.0. The molecule has 0 spiro atoms. The summed E-state index contributed by atoms with van der Waals surface area (Å²) >= 11 is 0. The number of amides is 1. The summed E-state index contributed by atoms with van der Waals surface area (Å²) in [5, 5.41) is 42.6. The Bertz CT molecular complexity index is 2510. The van der Waals surface area contributed by atoms with Crippen molar-refractivity contribution in [2.75, 3.05) is 57.9 Å². The fourth-order valence-corrected chi connectivity index (χ4v) is 10.6. The smallest absolute Gasteiger partial charge is 0.341 e. The minimum Gasteiger partial charge on any atom is -0.487 e. The Kier molecular flexibility index (Phi) is 18.0. The molecule has 6 N–H and O–H groups in total. The maximum atomic E-state index is 15.0. The summed E-state index contributed by atoms with van der Waals surface area (Å²) < 4.78 is 27.8. The lowest BCUT2D eigenvalue weighted by molar-refractivity contribution is -0.151. The van der Waals surface area contributed by atoms with E-state index in [1.54, 1.807) is 30.2 Å². The second-order valence-electron chi connectivity index (χ2n) is 19.2. The summed E-state index contributed by atoms with van der Waals surface area (Å²) in [5.41, 5.74) is 1.71. The lowest BCUT2D eigenvalue weighted by Gasteiger charge is -2.37. The van der Waals surface area contributed by atoms with Gasteiger partial charge in [0, 0.05) is 50.9 Å². The van der Waals surface area contributed by atoms with Gasteiger partial charge in [0.1, 0.15) is 36.0 Å². The van der Waals surface area contributed by atoms with Crippen LogP contribution in [0.1, 0.15) is 88.2 Å². The molecule has 3 saturated heterocycles. The number of carbonyl (C=O) groups is 6. The number of halogens is 1. The number of carboxylic acid groups (broad SMARTS) is 4. The molecule has 4 fully saturated rings. The van der Waals surface area contributed by atoms with Crippen LogP contribution in [0.4, 0.5) is 10.1 Å². The molecule has 0 radical (unpaired) electrons. The Morgan fingerprint density at radius 1 is 1.01 bits per heavy atom. The van der Waals surface area contributed by atoms with Crippen LogP contribution in [0.2, 0.25) is 0 Å². The molecule has 4 aliphatic heterocycles. The number of ether oxygens (including phenoxy) is 2. The monoisotopic (exact) mass is 990 g/mol. The number of hydrogen-bond acceptors (Lipinski definition) is 13. The molecule has 1 aromatic heterocycles. The zero-order chi connectivity index (χ0) is 51.8. The van der Waals surface area contributed by atoms with Gasteiger partial charge in [-0.05, 0) is 90.3 Å². The molecule has 9 atom stereocenters. The van der Waals surface area contributed by atoms with Crippen molar-refractivity contribution < 1.29 is 63.1 Å². The van der Waals surface area contributed by atoms with Crippen LogP contribution >= 0.6 is 0 Å². The quantitative estimate of drug-likeness (QED) is 0.0919. The molecule has 1 unspecified atom stereocenters. The number of aryl methyl sites for hydroxylation is 1. The molecule has 3 aromatic rings. The first-order valence-electron chi connectivity index (χ1n) is 24.3. The highest BCUT2D eigenvalue weighted by Crippen LogP contribution is 2.43. The largest absolute Gasteiger partial charge is 0.487 e. The molecular weight excluding hydrogens is 924 g/mol. The molecule has 20 heteroatoms. The Balaban J connectivity index is 0.000000184. The molecular formula is C51H67FN6O13. The minimum atomic E-state index is -1.32. The highest BCUT2D eigenvalue weighted by atomic mass is 19.1. The zero-order valence-electron chi connectivity index (χ0n) is 41.0.